The van der Waals surface area contributed by atoms with Gasteiger partial charge in [0.25, 0.3) is 0 Å². The Hall–Kier alpha value is -2.87. The maximum Gasteiger partial charge on any atom is 0.237 e. The predicted octanol–water partition coefficient (Wildman–Crippen LogP) is 1.20. The molecule has 156 valence electrons. The molecule has 1 saturated heterocycles. The van der Waals surface area contributed by atoms with Gasteiger partial charge in [-0.3, -0.25) is 19.6 Å². The van der Waals surface area contributed by atoms with Crippen molar-refractivity contribution in [3.63, 3.8) is 0 Å². The summed E-state index contributed by atoms with van der Waals surface area (Å²) in [6.45, 7) is 4.96. The van der Waals surface area contributed by atoms with E-state index < -0.39 is 6.04 Å². The van der Waals surface area contributed by atoms with Gasteiger partial charge in [0.05, 0.1) is 25.3 Å². The number of hydrogen-bond donors (Lipinski definition) is 2. The number of benzene rings is 1. The van der Waals surface area contributed by atoms with E-state index in [1.165, 1.54) is 0 Å². The van der Waals surface area contributed by atoms with Gasteiger partial charge < -0.3 is 15.0 Å². The summed E-state index contributed by atoms with van der Waals surface area (Å²) in [4.78, 5) is 29.0. The molecule has 1 aliphatic heterocycles. The monoisotopic (exact) mass is 399 g/mol. The van der Waals surface area contributed by atoms with Crippen molar-refractivity contribution in [1.82, 2.24) is 25.3 Å². The number of amides is 2. The van der Waals surface area contributed by atoms with E-state index in [9.17, 15) is 9.59 Å². The molecule has 2 heterocycles. The van der Waals surface area contributed by atoms with Crippen molar-refractivity contribution in [2.45, 2.75) is 32.4 Å². The number of carbonyl (C=O) groups excluding carboxylic acids is 2. The summed E-state index contributed by atoms with van der Waals surface area (Å²) in [6.07, 6.45) is 4.46. The van der Waals surface area contributed by atoms with Gasteiger partial charge in [0.1, 0.15) is 5.75 Å². The first-order valence-electron chi connectivity index (χ1n) is 10.0. The van der Waals surface area contributed by atoms with Crippen molar-refractivity contribution in [2.75, 3.05) is 33.3 Å². The van der Waals surface area contributed by atoms with E-state index in [0.29, 0.717) is 32.8 Å². The number of hydrogen-bond acceptors (Lipinski definition) is 5. The Morgan fingerprint density at radius 3 is 2.97 bits per heavy atom. The summed E-state index contributed by atoms with van der Waals surface area (Å²) in [7, 11) is 1.78. The molecule has 1 fully saturated rings. The zero-order valence-electron chi connectivity index (χ0n) is 17.1. The number of para-hydroxylation sites is 1. The highest BCUT2D eigenvalue weighted by Crippen LogP contribution is 2.22. The van der Waals surface area contributed by atoms with Gasteiger partial charge in [0, 0.05) is 45.0 Å². The molecule has 2 N–H and O–H groups in total. The molecule has 1 aromatic heterocycles. The van der Waals surface area contributed by atoms with Gasteiger partial charge in [0.15, 0.2) is 0 Å². The average molecular weight is 399 g/mol. The lowest BCUT2D eigenvalue weighted by atomic mass is 10.1. The van der Waals surface area contributed by atoms with E-state index >= 15 is 0 Å². The fourth-order valence-electron chi connectivity index (χ4n) is 3.48. The van der Waals surface area contributed by atoms with Crippen molar-refractivity contribution in [3.8, 4) is 5.75 Å². The Kier molecular flexibility index (Phi) is 7.24. The van der Waals surface area contributed by atoms with Crippen LogP contribution in [-0.2, 0) is 22.6 Å². The van der Waals surface area contributed by atoms with Crippen molar-refractivity contribution >= 4 is 11.8 Å². The molecule has 29 heavy (non-hydrogen) atoms. The first kappa shape index (κ1) is 20.9. The molecule has 1 aliphatic rings. The second kappa shape index (κ2) is 10.1. The van der Waals surface area contributed by atoms with Crippen molar-refractivity contribution < 1.29 is 14.3 Å². The Balaban J connectivity index is 1.63. The second-order valence-corrected chi connectivity index (χ2v) is 7.19. The molecule has 1 atom stereocenters. The van der Waals surface area contributed by atoms with Gasteiger partial charge >= 0.3 is 0 Å². The highest BCUT2D eigenvalue weighted by atomic mass is 16.5. The number of nitrogens with zero attached hydrogens (tertiary/aromatic N) is 3. The van der Waals surface area contributed by atoms with Crippen LogP contribution in [0.3, 0.4) is 0 Å². The van der Waals surface area contributed by atoms with Crippen LogP contribution in [0, 0.1) is 0 Å². The van der Waals surface area contributed by atoms with Crippen molar-refractivity contribution in [1.29, 1.82) is 0 Å². The van der Waals surface area contributed by atoms with Crippen LogP contribution >= 0.6 is 0 Å². The van der Waals surface area contributed by atoms with E-state index in [1.54, 1.807) is 18.1 Å². The van der Waals surface area contributed by atoms with Crippen LogP contribution < -0.4 is 10.1 Å². The number of carbonyl (C=O) groups is 2. The smallest absolute Gasteiger partial charge is 0.237 e. The number of aromatic amines is 1. The molecule has 0 radical (unpaired) electrons. The van der Waals surface area contributed by atoms with Crippen LogP contribution in [0.2, 0.25) is 0 Å². The summed E-state index contributed by atoms with van der Waals surface area (Å²) < 4.78 is 5.72. The number of ether oxygens (including phenoxy) is 1. The first-order valence-corrected chi connectivity index (χ1v) is 10.0. The lowest BCUT2D eigenvalue weighted by Crippen LogP contribution is -2.56. The molecule has 2 amide bonds. The Bertz CT molecular complexity index is 808. The largest absolute Gasteiger partial charge is 0.494 e. The lowest BCUT2D eigenvalue weighted by Gasteiger charge is -2.35. The van der Waals surface area contributed by atoms with Crippen molar-refractivity contribution in [3.05, 3.63) is 47.8 Å². The molecule has 0 aliphatic carbocycles. The molecule has 3 rings (SSSR count). The minimum Gasteiger partial charge on any atom is -0.494 e. The maximum atomic E-state index is 12.8. The van der Waals surface area contributed by atoms with Crippen LogP contribution in [0.25, 0.3) is 0 Å². The SMILES string of the molecule is CCOc1ccccc1CN1CCNC(=O)[C@@H]1CC(=O)N(C)CCc1cn[nH]c1. The summed E-state index contributed by atoms with van der Waals surface area (Å²) in [5, 5.41) is 9.58. The third kappa shape index (κ3) is 5.57. The summed E-state index contributed by atoms with van der Waals surface area (Å²) in [6, 6.07) is 7.36. The summed E-state index contributed by atoms with van der Waals surface area (Å²) >= 11 is 0. The number of aromatic nitrogens is 2. The van der Waals surface area contributed by atoms with Gasteiger partial charge in [0.2, 0.25) is 11.8 Å². The van der Waals surface area contributed by atoms with Gasteiger partial charge in [-0.25, -0.2) is 0 Å². The topological polar surface area (TPSA) is 90.6 Å². The fourth-order valence-corrected chi connectivity index (χ4v) is 3.48. The Morgan fingerprint density at radius 2 is 2.21 bits per heavy atom. The third-order valence-corrected chi connectivity index (χ3v) is 5.17. The van der Waals surface area contributed by atoms with E-state index in [-0.39, 0.29) is 18.2 Å². The minimum atomic E-state index is -0.484. The van der Waals surface area contributed by atoms with E-state index in [2.05, 4.69) is 20.4 Å². The number of likely N-dealkylation sites (N-methyl/N-ethyl adjacent to an activating group) is 1. The summed E-state index contributed by atoms with van der Waals surface area (Å²) in [5.74, 6) is 0.684. The van der Waals surface area contributed by atoms with Crippen LogP contribution in [0.1, 0.15) is 24.5 Å². The predicted molar refractivity (Wildman–Crippen MR) is 109 cm³/mol. The molecule has 0 saturated carbocycles. The fraction of sp³-hybridized carbons (Fsp3) is 0.476. The molecule has 0 spiro atoms. The molecule has 8 nitrogen and oxygen atoms in total. The van der Waals surface area contributed by atoms with Crippen LogP contribution in [0.4, 0.5) is 0 Å². The second-order valence-electron chi connectivity index (χ2n) is 7.19. The molecular weight excluding hydrogens is 370 g/mol. The van der Waals surface area contributed by atoms with Crippen LogP contribution in [0.15, 0.2) is 36.7 Å². The minimum absolute atomic E-state index is 0.0429. The molecule has 8 heteroatoms. The zero-order valence-corrected chi connectivity index (χ0v) is 17.1. The van der Waals surface area contributed by atoms with E-state index in [1.807, 2.05) is 37.4 Å². The zero-order chi connectivity index (χ0) is 20.6. The number of rotatable bonds is 9. The molecular formula is C21H29N5O3. The Labute approximate surface area is 171 Å². The normalized spacial score (nSPS) is 17.0. The third-order valence-electron chi connectivity index (χ3n) is 5.17. The van der Waals surface area contributed by atoms with Gasteiger partial charge in [-0.1, -0.05) is 18.2 Å². The van der Waals surface area contributed by atoms with Gasteiger partial charge in [-0.2, -0.15) is 5.10 Å². The quantitative estimate of drug-likeness (QED) is 0.661. The molecule has 2 aromatic rings. The first-order chi connectivity index (χ1) is 14.1. The van der Waals surface area contributed by atoms with Crippen LogP contribution in [0.5, 0.6) is 5.75 Å². The van der Waals surface area contributed by atoms with Gasteiger partial charge in [-0.05, 0) is 25.0 Å². The number of nitrogens with one attached hydrogen (secondary N) is 2. The maximum absolute atomic E-state index is 12.8. The molecule has 0 bridgehead atoms. The standard InChI is InChI=1S/C21H29N5O3/c1-3-29-19-7-5-4-6-17(19)15-26-11-9-22-21(28)18(26)12-20(27)25(2)10-8-16-13-23-24-14-16/h4-7,13-14,18H,3,8-12,15H2,1-2H3,(H,22,28)(H,23,24)/t18-/m0/s1. The molecule has 0 unspecified atom stereocenters. The Morgan fingerprint density at radius 1 is 1.38 bits per heavy atom. The van der Waals surface area contributed by atoms with Crippen molar-refractivity contribution in [2.24, 2.45) is 0 Å². The number of piperazine rings is 1. The van der Waals surface area contributed by atoms with E-state index in [4.69, 9.17) is 4.74 Å². The van der Waals surface area contributed by atoms with E-state index in [0.717, 1.165) is 23.3 Å². The summed E-state index contributed by atoms with van der Waals surface area (Å²) in [5.41, 5.74) is 2.07. The number of H-pyrrole nitrogens is 1. The van der Waals surface area contributed by atoms with Gasteiger partial charge in [-0.15, -0.1) is 0 Å². The highest BCUT2D eigenvalue weighted by molar-refractivity contribution is 5.88. The lowest BCUT2D eigenvalue weighted by molar-refractivity contribution is -0.138. The highest BCUT2D eigenvalue weighted by Gasteiger charge is 2.32. The van der Waals surface area contributed by atoms with Crippen LogP contribution in [-0.4, -0.2) is 71.1 Å². The molecule has 1 aromatic carbocycles. The average Bonchev–Trinajstić information content (AvgIpc) is 3.24.